The molecule has 1 amide bonds. The van der Waals surface area contributed by atoms with Crippen LogP contribution in [0.4, 0.5) is 0 Å². The van der Waals surface area contributed by atoms with Gasteiger partial charge in [0.2, 0.25) is 0 Å². The fraction of sp³-hybridized carbons (Fsp3) is 0.533. The van der Waals surface area contributed by atoms with E-state index in [2.05, 4.69) is 10.2 Å². The number of hydrogen-bond donors (Lipinski definition) is 1. The molecule has 0 aromatic heterocycles. The summed E-state index contributed by atoms with van der Waals surface area (Å²) in [7, 11) is -1.35. The Morgan fingerprint density at radius 3 is 2.86 bits per heavy atom. The Morgan fingerprint density at radius 1 is 1.38 bits per heavy atom. The van der Waals surface area contributed by atoms with E-state index in [-0.39, 0.29) is 16.9 Å². The molecule has 1 heterocycles. The van der Waals surface area contributed by atoms with Crippen molar-refractivity contribution in [2.75, 3.05) is 25.9 Å². The van der Waals surface area contributed by atoms with Crippen LogP contribution in [-0.4, -0.2) is 50.4 Å². The van der Waals surface area contributed by atoms with Gasteiger partial charge in [0.1, 0.15) is 0 Å². The third-order valence-corrected chi connectivity index (χ3v) is 6.19. The summed E-state index contributed by atoms with van der Waals surface area (Å²) < 4.78 is 23.8. The number of carbonyl (C=O) groups excluding carboxylic acids is 1. The Balaban J connectivity index is 2.07. The normalized spacial score (nSPS) is 22.5. The predicted molar refractivity (Wildman–Crippen MR) is 83.0 cm³/mol. The van der Waals surface area contributed by atoms with Crippen molar-refractivity contribution in [2.45, 2.75) is 25.1 Å². The van der Waals surface area contributed by atoms with E-state index in [0.717, 1.165) is 12.1 Å². The molecule has 1 aromatic rings. The number of nitrogens with one attached hydrogen (secondary N) is 1. The quantitative estimate of drug-likeness (QED) is 0.906. The Kier molecular flexibility index (Phi) is 5.00. The van der Waals surface area contributed by atoms with Crippen LogP contribution in [0.1, 0.15) is 29.3 Å². The highest BCUT2D eigenvalue weighted by Gasteiger charge is 2.26. The van der Waals surface area contributed by atoms with E-state index in [0.29, 0.717) is 25.1 Å². The lowest BCUT2D eigenvalue weighted by Crippen LogP contribution is -2.27. The summed E-state index contributed by atoms with van der Waals surface area (Å²) >= 11 is 0. The third kappa shape index (κ3) is 4.04. The number of nitrogens with zero attached hydrogens (tertiary/aromatic N) is 1. The van der Waals surface area contributed by atoms with E-state index in [1.54, 1.807) is 20.0 Å². The van der Waals surface area contributed by atoms with Crippen molar-refractivity contribution < 1.29 is 13.2 Å². The van der Waals surface area contributed by atoms with E-state index >= 15 is 0 Å². The molecular weight excluding hydrogens is 288 g/mol. The summed E-state index contributed by atoms with van der Waals surface area (Å²) in [6.07, 6.45) is 0.664. The maximum absolute atomic E-state index is 11.9. The highest BCUT2D eigenvalue weighted by molar-refractivity contribution is 7.92. The van der Waals surface area contributed by atoms with Gasteiger partial charge in [0.15, 0.2) is 9.84 Å². The number of sulfone groups is 1. The molecule has 6 heteroatoms. The minimum atomic E-state index is -2.95. The van der Waals surface area contributed by atoms with Gasteiger partial charge in [0, 0.05) is 25.7 Å². The van der Waals surface area contributed by atoms with Crippen LogP contribution in [-0.2, 0) is 16.4 Å². The van der Waals surface area contributed by atoms with Crippen molar-refractivity contribution in [2.24, 2.45) is 0 Å². The van der Waals surface area contributed by atoms with Crippen LogP contribution in [0.25, 0.3) is 0 Å². The topological polar surface area (TPSA) is 66.5 Å². The van der Waals surface area contributed by atoms with Crippen LogP contribution < -0.4 is 5.32 Å². The summed E-state index contributed by atoms with van der Waals surface area (Å²) in [5, 5.41) is 2.34. The van der Waals surface area contributed by atoms with Gasteiger partial charge in [-0.25, -0.2) is 8.42 Å². The molecule has 0 radical (unpaired) electrons. The maximum atomic E-state index is 11.9. The lowest BCUT2D eigenvalue weighted by molar-refractivity contribution is 0.0963. The summed E-state index contributed by atoms with van der Waals surface area (Å²) in [6, 6.07) is 7.46. The highest BCUT2D eigenvalue weighted by Crippen LogP contribution is 2.16. The van der Waals surface area contributed by atoms with Crippen LogP contribution in [0.15, 0.2) is 24.3 Å². The molecule has 2 rings (SSSR count). The molecule has 1 N–H and O–H groups in total. The molecule has 1 unspecified atom stereocenters. The summed E-state index contributed by atoms with van der Waals surface area (Å²) in [4.78, 5) is 13.8. The van der Waals surface area contributed by atoms with E-state index in [1.165, 1.54) is 0 Å². The Bertz CT molecular complexity index is 613. The van der Waals surface area contributed by atoms with Crippen LogP contribution in [0.3, 0.4) is 0 Å². The highest BCUT2D eigenvalue weighted by atomic mass is 32.2. The van der Waals surface area contributed by atoms with E-state index in [4.69, 9.17) is 0 Å². The van der Waals surface area contributed by atoms with Crippen LogP contribution in [0.2, 0.25) is 0 Å². The monoisotopic (exact) mass is 310 g/mol. The molecule has 1 fully saturated rings. The molecular formula is C15H22N2O3S. The van der Waals surface area contributed by atoms with Crippen LogP contribution in [0, 0.1) is 0 Å². The van der Waals surface area contributed by atoms with E-state index in [9.17, 15) is 13.2 Å². The Hall–Kier alpha value is -1.40. The number of benzene rings is 1. The SMILES string of the molecule is CNC(=O)c1cccc(CN2CCC(C)S(=O)(=O)CC2)c1. The number of amides is 1. The number of hydrogen-bond acceptors (Lipinski definition) is 4. The molecule has 0 aliphatic carbocycles. The van der Waals surface area contributed by atoms with Crippen molar-refractivity contribution in [3.63, 3.8) is 0 Å². The Labute approximate surface area is 126 Å². The van der Waals surface area contributed by atoms with Crippen molar-refractivity contribution in [1.82, 2.24) is 10.2 Å². The average Bonchev–Trinajstić information content (AvgIpc) is 2.60. The van der Waals surface area contributed by atoms with Gasteiger partial charge >= 0.3 is 0 Å². The molecule has 116 valence electrons. The van der Waals surface area contributed by atoms with Crippen molar-refractivity contribution in [3.8, 4) is 0 Å². The molecule has 5 nitrogen and oxygen atoms in total. The molecule has 0 bridgehead atoms. The molecule has 21 heavy (non-hydrogen) atoms. The second kappa shape index (κ2) is 6.58. The van der Waals surface area contributed by atoms with Gasteiger partial charge < -0.3 is 5.32 Å². The second-order valence-corrected chi connectivity index (χ2v) is 8.06. The summed E-state index contributed by atoms with van der Waals surface area (Å²) in [6.45, 7) is 3.78. The molecule has 1 aliphatic heterocycles. The average molecular weight is 310 g/mol. The zero-order valence-corrected chi connectivity index (χ0v) is 13.3. The van der Waals surface area contributed by atoms with Gasteiger partial charge in [-0.05, 0) is 37.6 Å². The van der Waals surface area contributed by atoms with Gasteiger partial charge in [-0.1, -0.05) is 12.1 Å². The lowest BCUT2D eigenvalue weighted by Gasteiger charge is -2.19. The van der Waals surface area contributed by atoms with Gasteiger partial charge in [-0.3, -0.25) is 9.69 Å². The molecule has 0 saturated carbocycles. The van der Waals surface area contributed by atoms with Crippen LogP contribution >= 0.6 is 0 Å². The molecule has 0 spiro atoms. The first-order valence-corrected chi connectivity index (χ1v) is 8.89. The second-order valence-electron chi connectivity index (χ2n) is 5.52. The molecule has 1 saturated heterocycles. The van der Waals surface area contributed by atoms with E-state index in [1.807, 2.05) is 18.2 Å². The standard InChI is InChI=1S/C15H22N2O3S/c1-12-6-7-17(8-9-21(12,19)20)11-13-4-3-5-14(10-13)15(18)16-2/h3-5,10,12H,6-9,11H2,1-2H3,(H,16,18). The maximum Gasteiger partial charge on any atom is 0.251 e. The van der Waals surface area contributed by atoms with Gasteiger partial charge in [-0.2, -0.15) is 0 Å². The zero-order valence-electron chi connectivity index (χ0n) is 12.5. The fourth-order valence-corrected chi connectivity index (χ4v) is 3.86. The van der Waals surface area contributed by atoms with Crippen molar-refractivity contribution >= 4 is 15.7 Å². The third-order valence-electron chi connectivity index (χ3n) is 3.98. The van der Waals surface area contributed by atoms with Gasteiger partial charge in [-0.15, -0.1) is 0 Å². The Morgan fingerprint density at radius 2 is 2.14 bits per heavy atom. The number of carbonyl (C=O) groups is 1. The molecule has 1 aromatic carbocycles. The lowest BCUT2D eigenvalue weighted by atomic mass is 10.1. The minimum absolute atomic E-state index is 0.107. The van der Waals surface area contributed by atoms with Crippen molar-refractivity contribution in [1.29, 1.82) is 0 Å². The molecule has 1 atom stereocenters. The number of rotatable bonds is 3. The predicted octanol–water partition coefficient (Wildman–Crippen LogP) is 1.06. The van der Waals surface area contributed by atoms with E-state index < -0.39 is 9.84 Å². The summed E-state index contributed by atoms with van der Waals surface area (Å²) in [5.74, 6) is 0.104. The smallest absolute Gasteiger partial charge is 0.251 e. The largest absolute Gasteiger partial charge is 0.355 e. The zero-order chi connectivity index (χ0) is 15.5. The van der Waals surface area contributed by atoms with Gasteiger partial charge in [0.25, 0.3) is 5.91 Å². The minimum Gasteiger partial charge on any atom is -0.355 e. The first-order valence-electron chi connectivity index (χ1n) is 7.17. The van der Waals surface area contributed by atoms with Gasteiger partial charge in [0.05, 0.1) is 11.0 Å². The van der Waals surface area contributed by atoms with Crippen molar-refractivity contribution in [3.05, 3.63) is 35.4 Å². The summed E-state index contributed by atoms with van der Waals surface area (Å²) in [5.41, 5.74) is 1.66. The fourth-order valence-electron chi connectivity index (χ4n) is 2.48. The first kappa shape index (κ1) is 16.0. The first-order chi connectivity index (χ1) is 9.92. The molecule has 1 aliphatic rings. The van der Waals surface area contributed by atoms with Crippen LogP contribution in [0.5, 0.6) is 0 Å².